The third kappa shape index (κ3) is 2.63. The first kappa shape index (κ1) is 15.6. The molecule has 4 rings (SSSR count). The van der Waals surface area contributed by atoms with Gasteiger partial charge in [-0.05, 0) is 41.5 Å². The summed E-state index contributed by atoms with van der Waals surface area (Å²) >= 11 is 5.94. The quantitative estimate of drug-likeness (QED) is 0.630. The second-order valence-electron chi connectivity index (χ2n) is 5.76. The summed E-state index contributed by atoms with van der Waals surface area (Å²) in [5.41, 5.74) is 4.92. The molecule has 0 amide bonds. The van der Waals surface area contributed by atoms with Gasteiger partial charge in [0.05, 0.1) is 5.56 Å². The first-order valence-electron chi connectivity index (χ1n) is 7.90. The van der Waals surface area contributed by atoms with Crippen molar-refractivity contribution < 1.29 is 14.4 Å². The highest BCUT2D eigenvalue weighted by Gasteiger charge is 2.41. The van der Waals surface area contributed by atoms with Crippen LogP contribution in [-0.4, -0.2) is 23.3 Å². The van der Waals surface area contributed by atoms with Gasteiger partial charge in [-0.25, -0.2) is 0 Å². The number of halogens is 1. The highest BCUT2D eigenvalue weighted by atomic mass is 35.5. The van der Waals surface area contributed by atoms with Crippen molar-refractivity contribution in [1.29, 1.82) is 0 Å². The van der Waals surface area contributed by atoms with E-state index in [4.69, 9.17) is 16.4 Å². The van der Waals surface area contributed by atoms with Crippen molar-refractivity contribution >= 4 is 28.8 Å². The van der Waals surface area contributed by atoms with Gasteiger partial charge in [-0.1, -0.05) is 48.0 Å². The van der Waals surface area contributed by atoms with Crippen LogP contribution in [0.2, 0.25) is 5.02 Å². The van der Waals surface area contributed by atoms with Crippen molar-refractivity contribution in [3.05, 3.63) is 88.9 Å². The minimum absolute atomic E-state index is 0.0308. The molecule has 4 heteroatoms. The number of hydrogen-bond acceptors (Lipinski definition) is 2. The highest BCUT2D eigenvalue weighted by Crippen LogP contribution is 2.29. The van der Waals surface area contributed by atoms with Gasteiger partial charge >= 0.3 is 5.71 Å². The summed E-state index contributed by atoms with van der Waals surface area (Å²) in [6.07, 6.45) is 0. The van der Waals surface area contributed by atoms with Crippen LogP contribution < -0.4 is 0 Å². The van der Waals surface area contributed by atoms with Crippen LogP contribution >= 0.6 is 11.6 Å². The van der Waals surface area contributed by atoms with Crippen molar-refractivity contribution in [2.75, 3.05) is 7.11 Å². The fourth-order valence-corrected chi connectivity index (χ4v) is 3.21. The number of hydrogen-bond donors (Lipinski definition) is 0. The second-order valence-corrected chi connectivity index (χ2v) is 6.19. The monoisotopic (exact) mass is 348 g/mol. The van der Waals surface area contributed by atoms with E-state index in [1.165, 1.54) is 0 Å². The number of carbonyl (C=O) groups is 1. The van der Waals surface area contributed by atoms with Crippen LogP contribution in [0.25, 0.3) is 11.1 Å². The molecule has 0 aromatic heterocycles. The lowest BCUT2D eigenvalue weighted by Crippen LogP contribution is -2.19. The summed E-state index contributed by atoms with van der Waals surface area (Å²) in [5, 5.41) is 0.709. The Morgan fingerprint density at radius 1 is 0.800 bits per heavy atom. The van der Waals surface area contributed by atoms with E-state index in [1.54, 1.807) is 11.8 Å². The standard InChI is InChI=1S/C21H15ClNO2/c1-25-23-19-5-3-2-4-18(19)21(24)20(23)16-8-6-14(7-9-16)15-10-12-17(22)13-11-15/h2-13H,1H3/q+1. The molecule has 0 aliphatic carbocycles. The molecule has 0 spiro atoms. The Morgan fingerprint density at radius 2 is 1.36 bits per heavy atom. The molecule has 0 N–H and O–H groups in total. The lowest BCUT2D eigenvalue weighted by Gasteiger charge is -2.03. The van der Waals surface area contributed by atoms with Gasteiger partial charge in [-0.15, -0.1) is 0 Å². The molecule has 0 radical (unpaired) electrons. The van der Waals surface area contributed by atoms with Crippen LogP contribution in [0.5, 0.6) is 0 Å². The van der Waals surface area contributed by atoms with Crippen LogP contribution in [-0.2, 0) is 4.84 Å². The Labute approximate surface area is 150 Å². The average Bonchev–Trinajstić information content (AvgIpc) is 2.95. The van der Waals surface area contributed by atoms with Gasteiger partial charge in [0.15, 0.2) is 0 Å². The van der Waals surface area contributed by atoms with Crippen LogP contribution in [0.4, 0.5) is 5.69 Å². The van der Waals surface area contributed by atoms with Crippen molar-refractivity contribution in [2.45, 2.75) is 0 Å². The third-order valence-corrected chi connectivity index (χ3v) is 4.56. The Balaban J connectivity index is 1.75. The van der Waals surface area contributed by atoms with Gasteiger partial charge in [-0.3, -0.25) is 9.63 Å². The summed E-state index contributed by atoms with van der Waals surface area (Å²) in [6, 6.07) is 23.0. The third-order valence-electron chi connectivity index (χ3n) is 4.30. The van der Waals surface area contributed by atoms with Gasteiger partial charge < -0.3 is 0 Å². The number of para-hydroxylation sites is 1. The van der Waals surface area contributed by atoms with E-state index >= 15 is 0 Å². The Bertz CT molecular complexity index is 989. The van der Waals surface area contributed by atoms with E-state index in [1.807, 2.05) is 72.8 Å². The summed E-state index contributed by atoms with van der Waals surface area (Å²) in [6.45, 7) is 0. The zero-order valence-corrected chi connectivity index (χ0v) is 14.3. The van der Waals surface area contributed by atoms with E-state index in [2.05, 4.69) is 0 Å². The Morgan fingerprint density at radius 3 is 2.00 bits per heavy atom. The molecule has 0 saturated carbocycles. The zero-order valence-electron chi connectivity index (χ0n) is 13.6. The fourth-order valence-electron chi connectivity index (χ4n) is 3.08. The van der Waals surface area contributed by atoms with Crippen LogP contribution in [0.3, 0.4) is 0 Å². The molecular weight excluding hydrogens is 334 g/mol. The zero-order chi connectivity index (χ0) is 17.4. The van der Waals surface area contributed by atoms with Crippen molar-refractivity contribution in [3.8, 4) is 11.1 Å². The largest absolute Gasteiger partial charge is 0.313 e. The van der Waals surface area contributed by atoms with Gasteiger partial charge in [0.2, 0.25) is 0 Å². The predicted octanol–water partition coefficient (Wildman–Crippen LogP) is 4.90. The molecule has 3 aromatic rings. The maximum absolute atomic E-state index is 12.8. The first-order valence-corrected chi connectivity index (χ1v) is 8.28. The fraction of sp³-hybridized carbons (Fsp3) is 0.0476. The molecule has 3 nitrogen and oxygen atoms in total. The number of ketones is 1. The molecule has 0 fully saturated rings. The lowest BCUT2D eigenvalue weighted by atomic mass is 9.99. The molecule has 0 saturated heterocycles. The number of benzene rings is 3. The molecular formula is C21H15ClNO2+. The summed E-state index contributed by atoms with van der Waals surface area (Å²) in [4.78, 5) is 18.2. The summed E-state index contributed by atoms with van der Waals surface area (Å²) in [7, 11) is 1.57. The van der Waals surface area contributed by atoms with E-state index in [0.717, 1.165) is 22.4 Å². The number of Topliss-reactive ketones (excluding diaryl/α,β-unsaturated/α-hetero) is 1. The SMILES string of the molecule is CO[N+]1=C(c2ccc(-c3ccc(Cl)cc3)cc2)C(=O)c2ccccc21. The minimum Gasteiger partial charge on any atom is -0.281 e. The molecule has 122 valence electrons. The summed E-state index contributed by atoms with van der Waals surface area (Å²) < 4.78 is 1.59. The van der Waals surface area contributed by atoms with Gasteiger partial charge in [0.25, 0.3) is 11.5 Å². The summed E-state index contributed by atoms with van der Waals surface area (Å²) in [5.74, 6) is -0.0308. The minimum atomic E-state index is -0.0308. The number of rotatable bonds is 3. The number of carbonyl (C=O) groups excluding carboxylic acids is 1. The maximum atomic E-state index is 12.8. The molecule has 1 heterocycles. The molecule has 3 aromatic carbocycles. The Hall–Kier alpha value is -2.91. The van der Waals surface area contributed by atoms with E-state index < -0.39 is 0 Å². The molecule has 25 heavy (non-hydrogen) atoms. The smallest absolute Gasteiger partial charge is 0.281 e. The van der Waals surface area contributed by atoms with Crippen molar-refractivity contribution in [2.24, 2.45) is 0 Å². The van der Waals surface area contributed by atoms with Gasteiger partial charge in [0, 0.05) is 15.8 Å². The average molecular weight is 349 g/mol. The topological polar surface area (TPSA) is 29.3 Å². The molecule has 1 aliphatic heterocycles. The lowest BCUT2D eigenvalue weighted by molar-refractivity contribution is -0.717. The van der Waals surface area contributed by atoms with Crippen LogP contribution in [0.1, 0.15) is 15.9 Å². The molecule has 0 atom stereocenters. The molecule has 1 aliphatic rings. The molecule has 0 unspecified atom stereocenters. The second kappa shape index (κ2) is 6.19. The number of nitrogens with zero attached hydrogens (tertiary/aromatic N) is 1. The van der Waals surface area contributed by atoms with E-state index in [9.17, 15) is 4.79 Å². The highest BCUT2D eigenvalue weighted by molar-refractivity contribution is 6.52. The van der Waals surface area contributed by atoms with Crippen LogP contribution in [0.15, 0.2) is 72.8 Å². The predicted molar refractivity (Wildman–Crippen MR) is 98.7 cm³/mol. The van der Waals surface area contributed by atoms with E-state index in [-0.39, 0.29) is 5.78 Å². The Kier molecular flexibility index (Phi) is 3.86. The van der Waals surface area contributed by atoms with Crippen LogP contribution in [0, 0.1) is 0 Å². The number of fused-ring (bicyclic) bond motifs is 1. The van der Waals surface area contributed by atoms with Gasteiger partial charge in [-0.2, -0.15) is 0 Å². The maximum Gasteiger partial charge on any atom is 0.313 e. The normalized spacial score (nSPS) is 13.1. The van der Waals surface area contributed by atoms with Crippen molar-refractivity contribution in [3.63, 3.8) is 0 Å². The molecule has 0 bridgehead atoms. The van der Waals surface area contributed by atoms with Gasteiger partial charge in [0.1, 0.15) is 12.7 Å². The first-order chi connectivity index (χ1) is 12.2. The van der Waals surface area contributed by atoms with E-state index in [0.29, 0.717) is 16.3 Å². The van der Waals surface area contributed by atoms with Crippen molar-refractivity contribution in [1.82, 2.24) is 0 Å².